The first-order valence-corrected chi connectivity index (χ1v) is 6.15. The number of rotatable bonds is 8. The topological polar surface area (TPSA) is 94.8 Å². The molecular formula is C13H19N3O4. The van der Waals surface area contributed by atoms with Crippen LogP contribution in [0.5, 0.6) is 0 Å². The van der Waals surface area contributed by atoms with Crippen LogP contribution in [0.15, 0.2) is 18.3 Å². The second kappa shape index (κ2) is 8.11. The first-order valence-electron chi connectivity index (χ1n) is 6.15. The molecule has 0 aliphatic rings. The molecule has 0 saturated heterocycles. The fourth-order valence-electron chi connectivity index (χ4n) is 1.69. The molecule has 7 heteroatoms. The number of esters is 1. The molecule has 0 spiro atoms. The number of nitrogens with zero attached hydrogens (tertiary/aromatic N) is 2. The van der Waals surface area contributed by atoms with Gasteiger partial charge in [0.1, 0.15) is 5.82 Å². The fraction of sp³-hybridized carbons (Fsp3) is 0.462. The Labute approximate surface area is 117 Å². The van der Waals surface area contributed by atoms with E-state index < -0.39 is 5.91 Å². The molecule has 20 heavy (non-hydrogen) atoms. The van der Waals surface area contributed by atoms with Gasteiger partial charge < -0.3 is 20.1 Å². The van der Waals surface area contributed by atoms with Gasteiger partial charge in [-0.05, 0) is 12.1 Å². The van der Waals surface area contributed by atoms with Gasteiger partial charge in [-0.15, -0.1) is 0 Å². The Bertz CT molecular complexity index is 465. The van der Waals surface area contributed by atoms with Crippen LogP contribution in [0.1, 0.15) is 16.8 Å². The number of methoxy groups -OCH3 is 2. The molecule has 1 amide bonds. The third-order valence-electron chi connectivity index (χ3n) is 2.73. The summed E-state index contributed by atoms with van der Waals surface area (Å²) in [5.74, 6) is -0.446. The number of pyridine rings is 1. The maximum Gasteiger partial charge on any atom is 0.307 e. The van der Waals surface area contributed by atoms with Crippen molar-refractivity contribution in [3.05, 3.63) is 23.9 Å². The number of ether oxygens (including phenoxy) is 2. The van der Waals surface area contributed by atoms with Gasteiger partial charge in [-0.3, -0.25) is 9.59 Å². The van der Waals surface area contributed by atoms with E-state index in [9.17, 15) is 9.59 Å². The molecule has 0 fully saturated rings. The van der Waals surface area contributed by atoms with Crippen LogP contribution in [0.3, 0.4) is 0 Å². The SMILES string of the molecule is COCCN(CCC(=O)OC)c1ncccc1C(N)=O. The lowest BCUT2D eigenvalue weighted by atomic mass is 10.2. The van der Waals surface area contributed by atoms with Gasteiger partial charge in [-0.2, -0.15) is 0 Å². The number of carbonyl (C=O) groups is 2. The summed E-state index contributed by atoms with van der Waals surface area (Å²) < 4.78 is 9.64. The largest absolute Gasteiger partial charge is 0.469 e. The van der Waals surface area contributed by atoms with Crippen LogP contribution in [0, 0.1) is 0 Å². The van der Waals surface area contributed by atoms with E-state index in [1.54, 1.807) is 30.3 Å². The quantitative estimate of drug-likeness (QED) is 0.684. The predicted molar refractivity (Wildman–Crippen MR) is 73.5 cm³/mol. The Morgan fingerprint density at radius 3 is 2.70 bits per heavy atom. The van der Waals surface area contributed by atoms with Gasteiger partial charge in [0.15, 0.2) is 0 Å². The minimum absolute atomic E-state index is 0.189. The number of carbonyl (C=O) groups excluding carboxylic acids is 2. The van der Waals surface area contributed by atoms with Crippen LogP contribution in [0.25, 0.3) is 0 Å². The summed E-state index contributed by atoms with van der Waals surface area (Å²) in [6, 6.07) is 3.24. The van der Waals surface area contributed by atoms with E-state index in [1.807, 2.05) is 0 Å². The molecule has 0 aliphatic carbocycles. The molecule has 1 rings (SSSR count). The Hall–Kier alpha value is -2.15. The van der Waals surface area contributed by atoms with Crippen molar-refractivity contribution in [1.82, 2.24) is 4.98 Å². The van der Waals surface area contributed by atoms with Gasteiger partial charge in [0.05, 0.1) is 25.7 Å². The van der Waals surface area contributed by atoms with Crippen LogP contribution in [-0.4, -0.2) is 50.8 Å². The first-order chi connectivity index (χ1) is 9.60. The standard InChI is InChI=1S/C13H19N3O4/c1-19-9-8-16(7-5-11(17)20-2)13-10(12(14)18)4-3-6-15-13/h3-4,6H,5,7-9H2,1-2H3,(H2,14,18). The Morgan fingerprint density at radius 1 is 1.35 bits per heavy atom. The van der Waals surface area contributed by atoms with E-state index in [1.165, 1.54) is 7.11 Å². The van der Waals surface area contributed by atoms with Crippen molar-refractivity contribution >= 4 is 17.7 Å². The average molecular weight is 281 g/mol. The zero-order valence-electron chi connectivity index (χ0n) is 11.7. The van der Waals surface area contributed by atoms with Gasteiger partial charge in [0.2, 0.25) is 0 Å². The number of nitrogens with two attached hydrogens (primary N) is 1. The molecule has 7 nitrogen and oxygen atoms in total. The smallest absolute Gasteiger partial charge is 0.307 e. The number of hydrogen-bond acceptors (Lipinski definition) is 6. The van der Waals surface area contributed by atoms with Gasteiger partial charge >= 0.3 is 5.97 Å². The molecule has 1 aromatic rings. The van der Waals surface area contributed by atoms with Crippen LogP contribution in [0.2, 0.25) is 0 Å². The summed E-state index contributed by atoms with van der Waals surface area (Å²) in [6.45, 7) is 1.30. The zero-order chi connectivity index (χ0) is 15.0. The molecule has 0 atom stereocenters. The third-order valence-corrected chi connectivity index (χ3v) is 2.73. The maximum absolute atomic E-state index is 11.4. The number of anilines is 1. The summed E-state index contributed by atoms with van der Waals surface area (Å²) in [7, 11) is 2.91. The Kier molecular flexibility index (Phi) is 6.45. The van der Waals surface area contributed by atoms with E-state index in [-0.39, 0.29) is 12.4 Å². The van der Waals surface area contributed by atoms with Crippen LogP contribution < -0.4 is 10.6 Å². The van der Waals surface area contributed by atoms with Crippen molar-refractivity contribution in [2.75, 3.05) is 38.8 Å². The summed E-state index contributed by atoms with van der Waals surface area (Å²) in [6.07, 6.45) is 1.76. The van der Waals surface area contributed by atoms with E-state index in [2.05, 4.69) is 9.72 Å². The third kappa shape index (κ3) is 4.51. The Morgan fingerprint density at radius 2 is 2.10 bits per heavy atom. The zero-order valence-corrected chi connectivity index (χ0v) is 11.7. The molecule has 2 N–H and O–H groups in total. The van der Waals surface area contributed by atoms with Crippen molar-refractivity contribution in [3.8, 4) is 0 Å². The minimum Gasteiger partial charge on any atom is -0.469 e. The molecule has 0 bridgehead atoms. The van der Waals surface area contributed by atoms with Crippen LogP contribution in [0.4, 0.5) is 5.82 Å². The van der Waals surface area contributed by atoms with Gasteiger partial charge in [-0.1, -0.05) is 0 Å². The number of amides is 1. The lowest BCUT2D eigenvalue weighted by Crippen LogP contribution is -2.32. The van der Waals surface area contributed by atoms with Crippen molar-refractivity contribution in [1.29, 1.82) is 0 Å². The molecule has 0 radical (unpaired) electrons. The van der Waals surface area contributed by atoms with Crippen molar-refractivity contribution in [2.24, 2.45) is 5.73 Å². The van der Waals surface area contributed by atoms with Gasteiger partial charge in [0, 0.05) is 26.4 Å². The molecule has 0 aliphatic heterocycles. The van der Waals surface area contributed by atoms with E-state index in [4.69, 9.17) is 10.5 Å². The van der Waals surface area contributed by atoms with Crippen LogP contribution in [-0.2, 0) is 14.3 Å². The van der Waals surface area contributed by atoms with E-state index in [0.717, 1.165) is 0 Å². The summed E-state index contributed by atoms with van der Waals surface area (Å²) in [5, 5.41) is 0. The monoisotopic (exact) mass is 281 g/mol. The highest BCUT2D eigenvalue weighted by Gasteiger charge is 2.17. The summed E-state index contributed by atoms with van der Waals surface area (Å²) in [4.78, 5) is 28.6. The molecule has 1 aromatic heterocycles. The number of hydrogen-bond donors (Lipinski definition) is 1. The van der Waals surface area contributed by atoms with Crippen LogP contribution >= 0.6 is 0 Å². The highest BCUT2D eigenvalue weighted by Crippen LogP contribution is 2.17. The van der Waals surface area contributed by atoms with Gasteiger partial charge in [0.25, 0.3) is 5.91 Å². The number of primary amides is 1. The normalized spacial score (nSPS) is 10.1. The lowest BCUT2D eigenvalue weighted by molar-refractivity contribution is -0.140. The predicted octanol–water partition coefficient (Wildman–Crippen LogP) is 0.196. The first kappa shape index (κ1) is 15.9. The summed E-state index contributed by atoms with van der Waals surface area (Å²) in [5.41, 5.74) is 5.65. The van der Waals surface area contributed by atoms with E-state index >= 15 is 0 Å². The van der Waals surface area contributed by atoms with Crippen molar-refractivity contribution < 1.29 is 19.1 Å². The van der Waals surface area contributed by atoms with Crippen molar-refractivity contribution in [2.45, 2.75) is 6.42 Å². The Balaban J connectivity index is 2.91. The highest BCUT2D eigenvalue weighted by atomic mass is 16.5. The molecule has 0 aromatic carbocycles. The molecule has 1 heterocycles. The van der Waals surface area contributed by atoms with Crippen molar-refractivity contribution in [3.63, 3.8) is 0 Å². The second-order valence-corrected chi connectivity index (χ2v) is 4.04. The highest BCUT2D eigenvalue weighted by molar-refractivity contribution is 5.97. The van der Waals surface area contributed by atoms with Gasteiger partial charge in [-0.25, -0.2) is 4.98 Å². The molecule has 0 unspecified atom stereocenters. The fourth-order valence-corrected chi connectivity index (χ4v) is 1.69. The minimum atomic E-state index is -0.561. The summed E-state index contributed by atoms with van der Waals surface area (Å²) >= 11 is 0. The second-order valence-electron chi connectivity index (χ2n) is 4.04. The molecular weight excluding hydrogens is 262 g/mol. The average Bonchev–Trinajstić information content (AvgIpc) is 2.47. The molecule has 0 saturated carbocycles. The lowest BCUT2D eigenvalue weighted by Gasteiger charge is -2.24. The molecule has 110 valence electrons. The van der Waals surface area contributed by atoms with E-state index in [0.29, 0.717) is 31.1 Å². The maximum atomic E-state index is 11.4. The number of aromatic nitrogens is 1.